The van der Waals surface area contributed by atoms with Crippen molar-refractivity contribution in [1.29, 1.82) is 0 Å². The molecule has 2 aromatic carbocycles. The van der Waals surface area contributed by atoms with Gasteiger partial charge in [0.15, 0.2) is 5.82 Å². The molecule has 1 fully saturated rings. The molecule has 1 unspecified atom stereocenters. The van der Waals surface area contributed by atoms with E-state index in [1.54, 1.807) is 19.1 Å². The van der Waals surface area contributed by atoms with Crippen molar-refractivity contribution in [3.05, 3.63) is 70.0 Å². The van der Waals surface area contributed by atoms with Gasteiger partial charge in [-0.2, -0.15) is 15.0 Å². The molecule has 0 radical (unpaired) electrons. The van der Waals surface area contributed by atoms with Gasteiger partial charge < -0.3 is 16.4 Å². The van der Waals surface area contributed by atoms with Crippen LogP contribution >= 0.6 is 15.9 Å². The Morgan fingerprint density at radius 1 is 1.12 bits per heavy atom. The Morgan fingerprint density at radius 2 is 1.91 bits per heavy atom. The topological polar surface area (TPSA) is 126 Å². The number of rotatable bonds is 6. The summed E-state index contributed by atoms with van der Waals surface area (Å²) in [6, 6.07) is 14.5. The fraction of sp³-hybridized carbons (Fsp3) is 0.227. The Labute approximate surface area is 193 Å². The average molecular weight is 496 g/mol. The van der Waals surface area contributed by atoms with E-state index in [1.807, 2.05) is 43.3 Å². The number of hydrogen-bond donors (Lipinski definition) is 3. The SMILES string of the molecule is CCc1ccccc1Nc1nc(N)nc(CN2C(=O)NC(C)(c3cccc(Br)c3)C2=O)n1. The second kappa shape index (κ2) is 8.54. The lowest BCUT2D eigenvalue weighted by atomic mass is 9.92. The molecule has 0 spiro atoms. The largest absolute Gasteiger partial charge is 0.368 e. The number of para-hydroxylation sites is 1. The van der Waals surface area contributed by atoms with E-state index in [1.165, 1.54) is 0 Å². The van der Waals surface area contributed by atoms with E-state index in [2.05, 4.69) is 41.5 Å². The molecule has 3 amide bonds. The number of halogens is 1. The lowest BCUT2D eigenvalue weighted by Crippen LogP contribution is -2.40. The Bertz CT molecular complexity index is 1200. The third kappa shape index (κ3) is 4.13. The van der Waals surface area contributed by atoms with Crippen molar-refractivity contribution in [2.45, 2.75) is 32.4 Å². The molecule has 1 aromatic heterocycles. The molecule has 4 rings (SSSR count). The summed E-state index contributed by atoms with van der Waals surface area (Å²) in [5, 5.41) is 5.93. The lowest BCUT2D eigenvalue weighted by molar-refractivity contribution is -0.131. The van der Waals surface area contributed by atoms with Crippen molar-refractivity contribution in [1.82, 2.24) is 25.2 Å². The molecule has 0 bridgehead atoms. The van der Waals surface area contributed by atoms with Gasteiger partial charge in [-0.3, -0.25) is 9.69 Å². The third-order valence-electron chi connectivity index (χ3n) is 5.32. The van der Waals surface area contributed by atoms with E-state index in [0.29, 0.717) is 5.56 Å². The predicted octanol–water partition coefficient (Wildman–Crippen LogP) is 3.49. The van der Waals surface area contributed by atoms with Gasteiger partial charge in [0.1, 0.15) is 5.54 Å². The number of hydrogen-bond acceptors (Lipinski definition) is 7. The minimum atomic E-state index is -1.19. The van der Waals surface area contributed by atoms with Gasteiger partial charge in [-0.05, 0) is 42.7 Å². The Balaban J connectivity index is 1.59. The van der Waals surface area contributed by atoms with Crippen LogP contribution in [0.4, 0.5) is 22.4 Å². The summed E-state index contributed by atoms with van der Waals surface area (Å²) in [7, 11) is 0. The predicted molar refractivity (Wildman–Crippen MR) is 124 cm³/mol. The van der Waals surface area contributed by atoms with Crippen LogP contribution in [0.3, 0.4) is 0 Å². The third-order valence-corrected chi connectivity index (χ3v) is 5.81. The van der Waals surface area contributed by atoms with E-state index in [4.69, 9.17) is 5.73 Å². The highest BCUT2D eigenvalue weighted by Crippen LogP contribution is 2.31. The highest BCUT2D eigenvalue weighted by atomic mass is 79.9. The second-order valence-corrected chi connectivity index (χ2v) is 8.44. The Morgan fingerprint density at radius 3 is 2.66 bits per heavy atom. The number of nitrogen functional groups attached to an aromatic ring is 1. The number of imide groups is 1. The number of carbonyl (C=O) groups excluding carboxylic acids is 2. The normalized spacial score (nSPS) is 18.0. The molecule has 164 valence electrons. The second-order valence-electron chi connectivity index (χ2n) is 7.53. The van der Waals surface area contributed by atoms with E-state index in [0.717, 1.165) is 27.0 Å². The number of aromatic nitrogens is 3. The summed E-state index contributed by atoms with van der Waals surface area (Å²) >= 11 is 3.41. The van der Waals surface area contributed by atoms with Gasteiger partial charge >= 0.3 is 6.03 Å². The molecule has 1 aliphatic rings. The summed E-state index contributed by atoms with van der Waals surface area (Å²) in [4.78, 5) is 39.6. The number of aryl methyl sites for hydroxylation is 1. The van der Waals surface area contributed by atoms with Gasteiger partial charge in [0.05, 0.1) is 6.54 Å². The number of nitrogens with two attached hydrogens (primary N) is 1. The van der Waals surface area contributed by atoms with Crippen LogP contribution < -0.4 is 16.4 Å². The van der Waals surface area contributed by atoms with Crippen LogP contribution in [0.1, 0.15) is 30.8 Å². The van der Waals surface area contributed by atoms with E-state index < -0.39 is 17.5 Å². The van der Waals surface area contributed by atoms with Gasteiger partial charge in [-0.15, -0.1) is 0 Å². The number of nitrogens with one attached hydrogen (secondary N) is 2. The van der Waals surface area contributed by atoms with Gasteiger partial charge in [0.25, 0.3) is 5.91 Å². The van der Waals surface area contributed by atoms with Crippen molar-refractivity contribution < 1.29 is 9.59 Å². The molecular weight excluding hydrogens is 474 g/mol. The minimum absolute atomic E-state index is 0.00622. The van der Waals surface area contributed by atoms with Crippen LogP contribution in [-0.2, 0) is 23.3 Å². The molecule has 3 aromatic rings. The lowest BCUT2D eigenvalue weighted by Gasteiger charge is -2.22. The molecule has 0 saturated carbocycles. The van der Waals surface area contributed by atoms with Crippen LogP contribution in [0.5, 0.6) is 0 Å². The summed E-state index contributed by atoms with van der Waals surface area (Å²) in [6.07, 6.45) is 0.827. The van der Waals surface area contributed by atoms with Gasteiger partial charge in [-0.25, -0.2) is 4.79 Å². The summed E-state index contributed by atoms with van der Waals surface area (Å²) < 4.78 is 0.810. The quantitative estimate of drug-likeness (QED) is 0.446. The summed E-state index contributed by atoms with van der Waals surface area (Å²) in [5.74, 6) is 0.0462. The van der Waals surface area contributed by atoms with Crippen molar-refractivity contribution in [2.24, 2.45) is 0 Å². The molecular formula is C22H22BrN7O2. The maximum Gasteiger partial charge on any atom is 0.325 e. The number of anilines is 3. The maximum atomic E-state index is 13.2. The average Bonchev–Trinajstić information content (AvgIpc) is 2.98. The molecule has 0 aliphatic carbocycles. The first-order chi connectivity index (χ1) is 15.3. The maximum absolute atomic E-state index is 13.2. The Hall–Kier alpha value is -3.53. The molecule has 9 nitrogen and oxygen atoms in total. The first kappa shape index (κ1) is 21.7. The molecule has 2 heterocycles. The monoisotopic (exact) mass is 495 g/mol. The molecule has 1 saturated heterocycles. The van der Waals surface area contributed by atoms with E-state index >= 15 is 0 Å². The fourth-order valence-corrected chi connectivity index (χ4v) is 4.01. The zero-order valence-corrected chi connectivity index (χ0v) is 19.2. The molecule has 4 N–H and O–H groups in total. The summed E-state index contributed by atoms with van der Waals surface area (Å²) in [5.41, 5.74) is 7.29. The highest BCUT2D eigenvalue weighted by molar-refractivity contribution is 9.10. The van der Waals surface area contributed by atoms with Crippen LogP contribution in [0.2, 0.25) is 0 Å². The van der Waals surface area contributed by atoms with Crippen LogP contribution in [-0.4, -0.2) is 31.8 Å². The minimum Gasteiger partial charge on any atom is -0.368 e. The Kier molecular flexibility index (Phi) is 5.79. The van der Waals surface area contributed by atoms with Crippen molar-refractivity contribution >= 4 is 45.5 Å². The highest BCUT2D eigenvalue weighted by Gasteiger charge is 2.49. The van der Waals surface area contributed by atoms with Crippen LogP contribution in [0.15, 0.2) is 53.0 Å². The van der Waals surface area contributed by atoms with Gasteiger partial charge in [0, 0.05) is 10.2 Å². The first-order valence-corrected chi connectivity index (χ1v) is 10.8. The molecule has 1 aliphatic heterocycles. The van der Waals surface area contributed by atoms with E-state index in [-0.39, 0.29) is 24.3 Å². The van der Waals surface area contributed by atoms with Crippen molar-refractivity contribution in [3.8, 4) is 0 Å². The summed E-state index contributed by atoms with van der Waals surface area (Å²) in [6.45, 7) is 3.59. The number of benzene rings is 2. The number of nitrogens with zero attached hydrogens (tertiary/aromatic N) is 4. The number of amides is 3. The van der Waals surface area contributed by atoms with Crippen molar-refractivity contribution in [2.75, 3.05) is 11.1 Å². The zero-order chi connectivity index (χ0) is 22.9. The zero-order valence-electron chi connectivity index (χ0n) is 17.6. The molecule has 32 heavy (non-hydrogen) atoms. The van der Waals surface area contributed by atoms with Crippen LogP contribution in [0.25, 0.3) is 0 Å². The molecule has 10 heteroatoms. The number of carbonyl (C=O) groups is 2. The smallest absolute Gasteiger partial charge is 0.325 e. The van der Waals surface area contributed by atoms with E-state index in [9.17, 15) is 9.59 Å². The van der Waals surface area contributed by atoms with Gasteiger partial charge in [0.2, 0.25) is 11.9 Å². The standard InChI is InChI=1S/C22H22BrN7O2/c1-3-13-7-4-5-10-16(13)25-20-27-17(26-19(24)28-20)12-30-18(31)22(2,29-21(30)32)14-8-6-9-15(23)11-14/h4-11H,3,12H2,1-2H3,(H,29,32)(H3,24,25,26,27,28). The van der Waals surface area contributed by atoms with Crippen LogP contribution in [0, 0.1) is 0 Å². The number of urea groups is 1. The fourth-order valence-electron chi connectivity index (χ4n) is 3.61. The first-order valence-electron chi connectivity index (χ1n) is 10.1. The molecule has 1 atom stereocenters. The van der Waals surface area contributed by atoms with Crippen molar-refractivity contribution in [3.63, 3.8) is 0 Å². The van der Waals surface area contributed by atoms with Gasteiger partial charge in [-0.1, -0.05) is 53.2 Å².